The molecule has 0 fully saturated rings. The first kappa shape index (κ1) is 19.3. The standard InChI is InChI=1S/C21H22N4O3S/c1-13-8-9-17(24-23-13)25(20-22-14(2)12-29-20)18(26)11-27-16-7-5-6-15-10-21(3,4)28-19(15)16/h5-9,12H,10-11H2,1-4H3. The summed E-state index contributed by atoms with van der Waals surface area (Å²) in [7, 11) is 0. The van der Waals surface area contributed by atoms with Gasteiger partial charge in [-0.1, -0.05) is 12.1 Å². The molecule has 0 saturated heterocycles. The molecule has 0 N–H and O–H groups in total. The Morgan fingerprint density at radius 1 is 1.21 bits per heavy atom. The maximum atomic E-state index is 13.1. The van der Waals surface area contributed by atoms with Crippen molar-refractivity contribution >= 4 is 28.2 Å². The number of nitrogens with zero attached hydrogens (tertiary/aromatic N) is 4. The number of anilines is 2. The molecule has 7 nitrogen and oxygen atoms in total. The van der Waals surface area contributed by atoms with E-state index in [-0.39, 0.29) is 18.1 Å². The highest BCUT2D eigenvalue weighted by atomic mass is 32.1. The average Bonchev–Trinajstić information content (AvgIpc) is 3.23. The smallest absolute Gasteiger partial charge is 0.272 e. The van der Waals surface area contributed by atoms with Crippen LogP contribution in [-0.4, -0.2) is 33.3 Å². The third-order valence-corrected chi connectivity index (χ3v) is 5.41. The van der Waals surface area contributed by atoms with Gasteiger partial charge in [-0.15, -0.1) is 16.4 Å². The second-order valence-electron chi connectivity index (χ2n) is 7.61. The van der Waals surface area contributed by atoms with Crippen LogP contribution in [-0.2, 0) is 11.2 Å². The van der Waals surface area contributed by atoms with Crippen molar-refractivity contribution in [2.45, 2.75) is 39.7 Å². The highest BCUT2D eigenvalue weighted by molar-refractivity contribution is 7.14. The molecule has 1 amide bonds. The highest BCUT2D eigenvalue weighted by Crippen LogP contribution is 2.41. The minimum Gasteiger partial charge on any atom is -0.483 e. The van der Waals surface area contributed by atoms with Crippen LogP contribution in [0.5, 0.6) is 11.5 Å². The summed E-state index contributed by atoms with van der Waals surface area (Å²) in [4.78, 5) is 19.0. The Balaban J connectivity index is 1.57. The number of aromatic nitrogens is 3. The molecule has 4 rings (SSSR count). The van der Waals surface area contributed by atoms with E-state index in [1.165, 1.54) is 16.2 Å². The molecule has 3 heterocycles. The van der Waals surface area contributed by atoms with E-state index in [1.54, 1.807) is 6.07 Å². The minimum absolute atomic E-state index is 0.172. The Hall–Kier alpha value is -3.00. The van der Waals surface area contributed by atoms with Crippen LogP contribution < -0.4 is 14.4 Å². The molecular formula is C21H22N4O3S. The van der Waals surface area contributed by atoms with E-state index >= 15 is 0 Å². The number of aryl methyl sites for hydroxylation is 2. The molecule has 1 aromatic carbocycles. The Bertz CT molecular complexity index is 1050. The molecule has 0 saturated carbocycles. The molecule has 0 spiro atoms. The highest BCUT2D eigenvalue weighted by Gasteiger charge is 2.32. The zero-order valence-corrected chi connectivity index (χ0v) is 17.6. The number of rotatable bonds is 5. The van der Waals surface area contributed by atoms with E-state index in [4.69, 9.17) is 9.47 Å². The Morgan fingerprint density at radius 2 is 2.03 bits per heavy atom. The van der Waals surface area contributed by atoms with Crippen LogP contribution in [0.2, 0.25) is 0 Å². The van der Waals surface area contributed by atoms with Gasteiger partial charge >= 0.3 is 0 Å². The topological polar surface area (TPSA) is 77.4 Å². The molecule has 0 bridgehead atoms. The van der Waals surface area contributed by atoms with Gasteiger partial charge < -0.3 is 9.47 Å². The summed E-state index contributed by atoms with van der Waals surface area (Å²) < 4.78 is 11.9. The van der Waals surface area contributed by atoms with E-state index in [0.29, 0.717) is 22.4 Å². The van der Waals surface area contributed by atoms with Gasteiger partial charge in [0, 0.05) is 17.4 Å². The maximum absolute atomic E-state index is 13.1. The van der Waals surface area contributed by atoms with Gasteiger partial charge in [-0.05, 0) is 45.9 Å². The van der Waals surface area contributed by atoms with Crippen LogP contribution in [0.3, 0.4) is 0 Å². The van der Waals surface area contributed by atoms with E-state index < -0.39 is 0 Å². The number of ether oxygens (including phenoxy) is 2. The lowest BCUT2D eigenvalue weighted by molar-refractivity contribution is -0.119. The lowest BCUT2D eigenvalue weighted by Crippen LogP contribution is -2.32. The number of carbonyl (C=O) groups excluding carboxylic acids is 1. The number of hydrogen-bond acceptors (Lipinski definition) is 7. The van der Waals surface area contributed by atoms with Gasteiger partial charge in [-0.25, -0.2) is 9.88 Å². The number of carbonyl (C=O) groups is 1. The summed E-state index contributed by atoms with van der Waals surface area (Å²) >= 11 is 1.37. The van der Waals surface area contributed by atoms with Crippen molar-refractivity contribution in [3.05, 3.63) is 52.7 Å². The monoisotopic (exact) mass is 410 g/mol. The summed E-state index contributed by atoms with van der Waals surface area (Å²) in [5, 5.41) is 10.6. The Morgan fingerprint density at radius 3 is 2.72 bits per heavy atom. The molecule has 1 aliphatic rings. The molecule has 8 heteroatoms. The lowest BCUT2D eigenvalue weighted by Gasteiger charge is -2.20. The minimum atomic E-state index is -0.285. The SMILES string of the molecule is Cc1ccc(N(C(=O)COc2cccc3c2OC(C)(C)C3)c2nc(C)cs2)nn1. The number of thiazole rings is 1. The number of benzene rings is 1. The van der Waals surface area contributed by atoms with Crippen molar-refractivity contribution in [2.75, 3.05) is 11.5 Å². The van der Waals surface area contributed by atoms with Gasteiger partial charge in [-0.2, -0.15) is 5.10 Å². The van der Waals surface area contributed by atoms with Crippen LogP contribution >= 0.6 is 11.3 Å². The summed E-state index contributed by atoms with van der Waals surface area (Å²) in [6, 6.07) is 9.31. The maximum Gasteiger partial charge on any atom is 0.272 e. The fraction of sp³-hybridized carbons (Fsp3) is 0.333. The fourth-order valence-electron chi connectivity index (χ4n) is 3.19. The Kier molecular flexibility index (Phi) is 4.96. The third kappa shape index (κ3) is 4.07. The third-order valence-electron chi connectivity index (χ3n) is 4.47. The first-order valence-corrected chi connectivity index (χ1v) is 10.2. The predicted molar refractivity (Wildman–Crippen MR) is 111 cm³/mol. The molecule has 1 aliphatic heterocycles. The molecule has 0 atom stereocenters. The number of hydrogen-bond donors (Lipinski definition) is 0. The van der Waals surface area contributed by atoms with E-state index in [1.807, 2.05) is 57.3 Å². The second-order valence-corrected chi connectivity index (χ2v) is 8.44. The zero-order valence-electron chi connectivity index (χ0n) is 16.8. The zero-order chi connectivity index (χ0) is 20.6. The van der Waals surface area contributed by atoms with Crippen molar-refractivity contribution in [3.8, 4) is 11.5 Å². The summed E-state index contributed by atoms with van der Waals surface area (Å²) in [5.41, 5.74) is 2.40. The summed E-state index contributed by atoms with van der Waals surface area (Å²) in [5.74, 6) is 1.39. The van der Waals surface area contributed by atoms with Gasteiger partial charge in [0.25, 0.3) is 5.91 Å². The van der Waals surface area contributed by atoms with Crippen LogP contribution in [0.15, 0.2) is 35.7 Å². The molecule has 0 radical (unpaired) electrons. The van der Waals surface area contributed by atoms with Crippen molar-refractivity contribution in [2.24, 2.45) is 0 Å². The van der Waals surface area contributed by atoms with Crippen molar-refractivity contribution in [3.63, 3.8) is 0 Å². The quantitative estimate of drug-likeness (QED) is 0.633. The predicted octanol–water partition coefficient (Wildman–Crippen LogP) is 4.01. The van der Waals surface area contributed by atoms with E-state index in [9.17, 15) is 4.79 Å². The number of fused-ring (bicyclic) bond motifs is 1. The largest absolute Gasteiger partial charge is 0.483 e. The van der Waals surface area contributed by atoms with Gasteiger partial charge in [0.2, 0.25) is 0 Å². The second kappa shape index (κ2) is 7.44. The number of para-hydroxylation sites is 1. The molecule has 3 aromatic rings. The van der Waals surface area contributed by atoms with Gasteiger partial charge in [0.15, 0.2) is 29.1 Å². The van der Waals surface area contributed by atoms with Crippen LogP contribution in [0.1, 0.15) is 30.8 Å². The molecule has 0 unspecified atom stereocenters. The average molecular weight is 410 g/mol. The van der Waals surface area contributed by atoms with Gasteiger partial charge in [-0.3, -0.25) is 4.79 Å². The molecule has 2 aromatic heterocycles. The summed E-state index contributed by atoms with van der Waals surface area (Å²) in [6.45, 7) is 7.62. The Labute approximate surface area is 173 Å². The van der Waals surface area contributed by atoms with Crippen molar-refractivity contribution in [1.29, 1.82) is 0 Å². The molecule has 29 heavy (non-hydrogen) atoms. The van der Waals surface area contributed by atoms with Crippen molar-refractivity contribution < 1.29 is 14.3 Å². The van der Waals surface area contributed by atoms with Gasteiger partial charge in [0.1, 0.15) is 5.60 Å². The fourth-order valence-corrected chi connectivity index (χ4v) is 4.02. The molecule has 150 valence electrons. The molecule has 0 aliphatic carbocycles. The van der Waals surface area contributed by atoms with Crippen LogP contribution in [0.4, 0.5) is 10.9 Å². The number of amides is 1. The lowest BCUT2D eigenvalue weighted by atomic mass is 10.0. The van der Waals surface area contributed by atoms with E-state index in [2.05, 4.69) is 15.2 Å². The normalized spacial score (nSPS) is 14.2. The first-order valence-electron chi connectivity index (χ1n) is 9.31. The summed E-state index contributed by atoms with van der Waals surface area (Å²) in [6.07, 6.45) is 0.803. The first-order chi connectivity index (χ1) is 13.8. The molecular weight excluding hydrogens is 388 g/mol. The van der Waals surface area contributed by atoms with Crippen molar-refractivity contribution in [1.82, 2.24) is 15.2 Å². The van der Waals surface area contributed by atoms with Gasteiger partial charge in [0.05, 0.1) is 11.4 Å². The van der Waals surface area contributed by atoms with Crippen LogP contribution in [0, 0.1) is 13.8 Å². The van der Waals surface area contributed by atoms with E-state index in [0.717, 1.165) is 23.4 Å². The van der Waals surface area contributed by atoms with Crippen LogP contribution in [0.25, 0.3) is 0 Å².